The zero-order valence-electron chi connectivity index (χ0n) is 7.30. The number of nitrogens with one attached hydrogen (secondary N) is 1. The van der Waals surface area contributed by atoms with E-state index in [0.717, 1.165) is 22.2 Å². The van der Waals surface area contributed by atoms with E-state index < -0.39 is 0 Å². The highest BCUT2D eigenvalue weighted by molar-refractivity contribution is 9.10. The maximum atomic E-state index is 7.86. The van der Waals surface area contributed by atoms with Gasteiger partial charge in [-0.15, -0.1) is 11.8 Å². The van der Waals surface area contributed by atoms with Crippen molar-refractivity contribution in [2.75, 3.05) is 0 Å². The van der Waals surface area contributed by atoms with Crippen LogP contribution in [0.2, 0.25) is 0 Å². The first kappa shape index (κ1) is 9.28. The van der Waals surface area contributed by atoms with Crippen LogP contribution in [0.25, 0.3) is 0 Å². The van der Waals surface area contributed by atoms with E-state index in [1.54, 1.807) is 0 Å². The maximum absolute atomic E-state index is 7.86. The minimum Gasteiger partial charge on any atom is -0.305 e. The Labute approximate surface area is 90.6 Å². The van der Waals surface area contributed by atoms with Gasteiger partial charge in [0.2, 0.25) is 0 Å². The van der Waals surface area contributed by atoms with Gasteiger partial charge in [0, 0.05) is 32.3 Å². The van der Waals surface area contributed by atoms with Crippen LogP contribution in [-0.4, -0.2) is 11.0 Å². The Hall–Kier alpha value is -0.280. The molecule has 1 atom stereocenters. The molecule has 0 aliphatic carbocycles. The van der Waals surface area contributed by atoms with Gasteiger partial charge in [0.15, 0.2) is 0 Å². The average molecular weight is 256 g/mol. The zero-order valence-corrected chi connectivity index (χ0v) is 9.71. The highest BCUT2D eigenvalue weighted by Gasteiger charge is 2.19. The van der Waals surface area contributed by atoms with Gasteiger partial charge in [-0.2, -0.15) is 0 Å². The molecule has 0 fully saturated rings. The van der Waals surface area contributed by atoms with E-state index in [-0.39, 0.29) is 0 Å². The quantitative estimate of drug-likeness (QED) is 0.751. The lowest BCUT2D eigenvalue weighted by Crippen LogP contribution is -2.14. The summed E-state index contributed by atoms with van der Waals surface area (Å²) in [7, 11) is 0. The van der Waals surface area contributed by atoms with Crippen molar-refractivity contribution in [3.8, 4) is 0 Å². The summed E-state index contributed by atoms with van der Waals surface area (Å²) in [6.45, 7) is 2.17. The van der Waals surface area contributed by atoms with Crippen LogP contribution < -0.4 is 0 Å². The van der Waals surface area contributed by atoms with Crippen molar-refractivity contribution < 1.29 is 0 Å². The lowest BCUT2D eigenvalue weighted by atomic mass is 10.1. The molecule has 1 aromatic carbocycles. The van der Waals surface area contributed by atoms with Gasteiger partial charge in [-0.1, -0.05) is 22.9 Å². The first-order valence-electron chi connectivity index (χ1n) is 4.21. The summed E-state index contributed by atoms with van der Waals surface area (Å²) in [4.78, 5) is 1.24. The number of halogens is 1. The Morgan fingerprint density at radius 1 is 1.54 bits per heavy atom. The van der Waals surface area contributed by atoms with Crippen molar-refractivity contribution in [3.63, 3.8) is 0 Å². The Balaban J connectivity index is 2.49. The number of benzene rings is 1. The minimum atomic E-state index is 0.543. The van der Waals surface area contributed by atoms with Crippen molar-refractivity contribution >= 4 is 33.4 Å². The predicted molar refractivity (Wildman–Crippen MR) is 60.9 cm³/mol. The molecule has 1 aliphatic heterocycles. The lowest BCUT2D eigenvalue weighted by molar-refractivity contribution is 0.986. The Kier molecular flexibility index (Phi) is 2.47. The molecule has 0 spiro atoms. The molecular formula is C10H10BrNS. The third-order valence-corrected chi connectivity index (χ3v) is 3.76. The van der Waals surface area contributed by atoms with Crippen LogP contribution in [0.3, 0.4) is 0 Å². The summed E-state index contributed by atoms with van der Waals surface area (Å²) in [6.07, 6.45) is 0.883. The molecule has 0 saturated carbocycles. The fraction of sp³-hybridized carbons (Fsp3) is 0.300. The fourth-order valence-corrected chi connectivity index (χ4v) is 3.00. The van der Waals surface area contributed by atoms with Crippen LogP contribution in [0.15, 0.2) is 27.6 Å². The third kappa shape index (κ3) is 1.81. The summed E-state index contributed by atoms with van der Waals surface area (Å²) in [5.41, 5.74) is 1.86. The second kappa shape index (κ2) is 3.46. The zero-order chi connectivity index (χ0) is 9.42. The number of hydrogen-bond acceptors (Lipinski definition) is 2. The van der Waals surface area contributed by atoms with Crippen LogP contribution >= 0.6 is 27.7 Å². The second-order valence-corrected chi connectivity index (χ2v) is 5.65. The molecule has 68 valence electrons. The normalized spacial score (nSPS) is 21.4. The molecule has 0 bridgehead atoms. The van der Waals surface area contributed by atoms with Crippen LogP contribution in [0, 0.1) is 5.41 Å². The van der Waals surface area contributed by atoms with Gasteiger partial charge in [-0.3, -0.25) is 0 Å². The van der Waals surface area contributed by atoms with Crippen molar-refractivity contribution in [1.29, 1.82) is 5.41 Å². The topological polar surface area (TPSA) is 23.9 Å². The molecule has 3 heteroatoms. The van der Waals surface area contributed by atoms with Gasteiger partial charge in [-0.25, -0.2) is 0 Å². The first-order valence-corrected chi connectivity index (χ1v) is 5.88. The van der Waals surface area contributed by atoms with E-state index >= 15 is 0 Å². The SMILES string of the molecule is CC1CC(=N)c2cc(Br)ccc2S1. The summed E-state index contributed by atoms with van der Waals surface area (Å²) in [6, 6.07) is 6.17. The second-order valence-electron chi connectivity index (χ2n) is 3.25. The van der Waals surface area contributed by atoms with Gasteiger partial charge in [-0.05, 0) is 18.2 Å². The monoisotopic (exact) mass is 255 g/mol. The molecule has 0 radical (unpaired) electrons. The molecule has 1 aromatic rings. The number of hydrogen-bond donors (Lipinski definition) is 1. The highest BCUT2D eigenvalue weighted by Crippen LogP contribution is 2.36. The van der Waals surface area contributed by atoms with Gasteiger partial charge < -0.3 is 5.41 Å². The summed E-state index contributed by atoms with van der Waals surface area (Å²) in [5.74, 6) is 0. The lowest BCUT2D eigenvalue weighted by Gasteiger charge is -2.21. The van der Waals surface area contributed by atoms with E-state index in [1.807, 2.05) is 23.9 Å². The Bertz CT molecular complexity index is 362. The highest BCUT2D eigenvalue weighted by atomic mass is 79.9. The molecular weight excluding hydrogens is 246 g/mol. The van der Waals surface area contributed by atoms with Gasteiger partial charge >= 0.3 is 0 Å². The summed E-state index contributed by atoms with van der Waals surface area (Å²) >= 11 is 5.29. The van der Waals surface area contributed by atoms with Gasteiger partial charge in [0.25, 0.3) is 0 Å². The van der Waals surface area contributed by atoms with Gasteiger partial charge in [0.05, 0.1) is 0 Å². The molecule has 2 rings (SSSR count). The first-order chi connectivity index (χ1) is 6.16. The Morgan fingerprint density at radius 3 is 3.08 bits per heavy atom. The number of rotatable bonds is 0. The van der Waals surface area contributed by atoms with E-state index in [2.05, 4.69) is 28.9 Å². The molecule has 0 saturated heterocycles. The van der Waals surface area contributed by atoms with Crippen molar-refractivity contribution in [1.82, 2.24) is 0 Å². The molecule has 1 heterocycles. The van der Waals surface area contributed by atoms with E-state index in [4.69, 9.17) is 5.41 Å². The molecule has 1 N–H and O–H groups in total. The molecule has 1 nitrogen and oxygen atoms in total. The molecule has 1 unspecified atom stereocenters. The largest absolute Gasteiger partial charge is 0.305 e. The van der Waals surface area contributed by atoms with Crippen molar-refractivity contribution in [2.45, 2.75) is 23.5 Å². The van der Waals surface area contributed by atoms with E-state index in [1.165, 1.54) is 4.90 Å². The molecule has 0 aromatic heterocycles. The molecule has 13 heavy (non-hydrogen) atoms. The smallest absolute Gasteiger partial charge is 0.0408 e. The molecule has 1 aliphatic rings. The number of thioether (sulfide) groups is 1. The van der Waals surface area contributed by atoms with Crippen molar-refractivity contribution in [2.24, 2.45) is 0 Å². The van der Waals surface area contributed by atoms with Gasteiger partial charge in [0.1, 0.15) is 0 Å². The van der Waals surface area contributed by atoms with Crippen LogP contribution in [0.4, 0.5) is 0 Å². The summed E-state index contributed by atoms with van der Waals surface area (Å²) in [5, 5.41) is 8.41. The van der Waals surface area contributed by atoms with Crippen LogP contribution in [-0.2, 0) is 0 Å². The van der Waals surface area contributed by atoms with Crippen molar-refractivity contribution in [3.05, 3.63) is 28.2 Å². The third-order valence-electron chi connectivity index (χ3n) is 2.09. The maximum Gasteiger partial charge on any atom is 0.0408 e. The molecule has 0 amide bonds. The minimum absolute atomic E-state index is 0.543. The standard InChI is InChI=1S/C10H10BrNS/c1-6-4-9(12)8-5-7(11)2-3-10(8)13-6/h2-3,5-6,12H,4H2,1H3. The van der Waals surface area contributed by atoms with Crippen LogP contribution in [0.5, 0.6) is 0 Å². The summed E-state index contributed by atoms with van der Waals surface area (Å²) < 4.78 is 1.06. The predicted octanol–water partition coefficient (Wildman–Crippen LogP) is 3.70. The van der Waals surface area contributed by atoms with E-state index in [9.17, 15) is 0 Å². The number of fused-ring (bicyclic) bond motifs is 1. The average Bonchev–Trinajstić information content (AvgIpc) is 2.06. The van der Waals surface area contributed by atoms with Crippen LogP contribution in [0.1, 0.15) is 18.9 Å². The fourth-order valence-electron chi connectivity index (χ4n) is 1.50. The van der Waals surface area contributed by atoms with E-state index in [0.29, 0.717) is 5.25 Å². The Morgan fingerprint density at radius 2 is 2.31 bits per heavy atom.